The zero-order valence-corrected chi connectivity index (χ0v) is 4.58. The van der Waals surface area contributed by atoms with Crippen LogP contribution in [0.3, 0.4) is 0 Å². The number of aromatic nitrogens is 2. The van der Waals surface area contributed by atoms with Crippen LogP contribution in [0.1, 0.15) is 5.56 Å². The monoisotopic (exact) mass is 115 g/mol. The van der Waals surface area contributed by atoms with Crippen LogP contribution in [-0.2, 0) is 0 Å². The standard InChI is InChI=1S/C4H4ClN2/c1-3-2-6-7-4(3)5/h1H3,(H,6,7). The van der Waals surface area contributed by atoms with Gasteiger partial charge in [-0.05, 0) is 6.92 Å². The maximum absolute atomic E-state index is 5.45. The molecule has 0 atom stereocenters. The lowest BCUT2D eigenvalue weighted by Crippen LogP contribution is -1.62. The summed E-state index contributed by atoms with van der Waals surface area (Å²) in [6, 6.07) is 0. The lowest BCUT2D eigenvalue weighted by atomic mass is 10.4. The van der Waals surface area contributed by atoms with E-state index >= 15 is 0 Å². The van der Waals surface area contributed by atoms with E-state index in [1.165, 1.54) is 0 Å². The van der Waals surface area contributed by atoms with Crippen molar-refractivity contribution in [2.24, 2.45) is 0 Å². The van der Waals surface area contributed by atoms with Crippen molar-refractivity contribution in [2.45, 2.75) is 6.92 Å². The molecule has 1 heterocycles. The maximum atomic E-state index is 5.45. The molecular weight excluding hydrogens is 112 g/mol. The highest BCUT2D eigenvalue weighted by Gasteiger charge is 1.92. The van der Waals surface area contributed by atoms with Crippen molar-refractivity contribution in [1.29, 1.82) is 0 Å². The Bertz CT molecular complexity index is 142. The Kier molecular flexibility index (Phi) is 1.02. The third-order valence-corrected chi connectivity index (χ3v) is 1.07. The second-order valence-corrected chi connectivity index (χ2v) is 1.62. The molecule has 2 nitrogen and oxygen atoms in total. The van der Waals surface area contributed by atoms with Crippen molar-refractivity contribution in [3.63, 3.8) is 0 Å². The average molecular weight is 116 g/mol. The van der Waals surface area contributed by atoms with Crippen LogP contribution in [0.15, 0.2) is 0 Å². The molecule has 0 bridgehead atoms. The fourth-order valence-electron chi connectivity index (χ4n) is 0.296. The molecule has 1 radical (unpaired) electrons. The number of nitrogens with zero attached hydrogens (tertiary/aromatic N) is 1. The molecule has 1 aromatic heterocycles. The smallest absolute Gasteiger partial charge is 0.154 e. The van der Waals surface area contributed by atoms with Gasteiger partial charge in [-0.1, -0.05) is 11.6 Å². The van der Waals surface area contributed by atoms with Gasteiger partial charge in [0.1, 0.15) is 0 Å². The number of hydrogen-bond donors (Lipinski definition) is 1. The van der Waals surface area contributed by atoms with Crippen molar-refractivity contribution in [3.05, 3.63) is 16.9 Å². The first-order valence-electron chi connectivity index (χ1n) is 1.89. The van der Waals surface area contributed by atoms with E-state index in [1.54, 1.807) is 0 Å². The Morgan fingerprint density at radius 3 is 2.71 bits per heavy atom. The quantitative estimate of drug-likeness (QED) is 0.540. The SMILES string of the molecule is Cc1[c][nH]nc1Cl. The Morgan fingerprint density at radius 2 is 2.57 bits per heavy atom. The number of aryl methyl sites for hydroxylation is 1. The van der Waals surface area contributed by atoms with Crippen LogP contribution < -0.4 is 0 Å². The normalized spacial score (nSPS) is 9.43. The fraction of sp³-hybridized carbons (Fsp3) is 0.250. The molecule has 1 N–H and O–H groups in total. The van der Waals surface area contributed by atoms with E-state index in [-0.39, 0.29) is 0 Å². The first-order valence-corrected chi connectivity index (χ1v) is 2.26. The third kappa shape index (κ3) is 0.747. The van der Waals surface area contributed by atoms with Gasteiger partial charge in [0, 0.05) is 5.56 Å². The van der Waals surface area contributed by atoms with E-state index in [0.29, 0.717) is 5.15 Å². The number of halogens is 1. The minimum atomic E-state index is 0.500. The molecule has 0 aliphatic carbocycles. The van der Waals surface area contributed by atoms with E-state index in [0.717, 1.165) is 5.56 Å². The first kappa shape index (κ1) is 4.65. The van der Waals surface area contributed by atoms with Gasteiger partial charge in [0.15, 0.2) is 5.15 Å². The number of aromatic amines is 1. The van der Waals surface area contributed by atoms with Crippen LogP contribution in [-0.4, -0.2) is 10.2 Å². The molecule has 0 unspecified atom stereocenters. The minimum absolute atomic E-state index is 0.500. The van der Waals surface area contributed by atoms with Gasteiger partial charge < -0.3 is 0 Å². The molecule has 37 valence electrons. The van der Waals surface area contributed by atoms with Gasteiger partial charge in [-0.15, -0.1) is 0 Å². The first-order chi connectivity index (χ1) is 3.30. The Labute approximate surface area is 46.5 Å². The molecule has 0 amide bonds. The summed E-state index contributed by atoms with van der Waals surface area (Å²) < 4.78 is 0. The number of nitrogens with one attached hydrogen (secondary N) is 1. The van der Waals surface area contributed by atoms with Crippen molar-refractivity contribution >= 4 is 11.6 Å². The maximum Gasteiger partial charge on any atom is 0.154 e. The zero-order chi connectivity index (χ0) is 5.28. The molecular formula is C4H4ClN2. The molecule has 0 saturated carbocycles. The Hall–Kier alpha value is -0.500. The van der Waals surface area contributed by atoms with E-state index in [2.05, 4.69) is 16.4 Å². The van der Waals surface area contributed by atoms with E-state index in [4.69, 9.17) is 11.6 Å². The molecule has 7 heavy (non-hydrogen) atoms. The van der Waals surface area contributed by atoms with Gasteiger partial charge in [-0.2, -0.15) is 5.10 Å². The molecule has 0 aliphatic heterocycles. The van der Waals surface area contributed by atoms with Crippen molar-refractivity contribution < 1.29 is 0 Å². The highest BCUT2D eigenvalue weighted by Crippen LogP contribution is 2.06. The van der Waals surface area contributed by atoms with Crippen LogP contribution >= 0.6 is 11.6 Å². The van der Waals surface area contributed by atoms with Crippen molar-refractivity contribution in [1.82, 2.24) is 10.2 Å². The summed E-state index contributed by atoms with van der Waals surface area (Å²) in [7, 11) is 0. The summed E-state index contributed by atoms with van der Waals surface area (Å²) in [5.74, 6) is 0. The van der Waals surface area contributed by atoms with Crippen LogP contribution in [0.25, 0.3) is 0 Å². The molecule has 0 aliphatic rings. The second-order valence-electron chi connectivity index (χ2n) is 1.26. The van der Waals surface area contributed by atoms with Gasteiger partial charge in [0.2, 0.25) is 0 Å². The predicted molar refractivity (Wildman–Crippen MR) is 27.2 cm³/mol. The van der Waals surface area contributed by atoms with Gasteiger partial charge in [0.25, 0.3) is 0 Å². The molecule has 0 saturated heterocycles. The Balaban J connectivity index is 3.12. The van der Waals surface area contributed by atoms with Crippen LogP contribution in [0.5, 0.6) is 0 Å². The molecule has 3 heteroatoms. The minimum Gasteiger partial charge on any atom is -0.274 e. The highest BCUT2D eigenvalue weighted by atomic mass is 35.5. The summed E-state index contributed by atoms with van der Waals surface area (Å²) >= 11 is 5.45. The topological polar surface area (TPSA) is 28.7 Å². The molecule has 1 aromatic rings. The van der Waals surface area contributed by atoms with E-state index in [1.807, 2.05) is 6.92 Å². The molecule has 0 spiro atoms. The lowest BCUT2D eigenvalue weighted by Gasteiger charge is -1.73. The van der Waals surface area contributed by atoms with E-state index in [9.17, 15) is 0 Å². The van der Waals surface area contributed by atoms with Crippen LogP contribution in [0, 0.1) is 13.1 Å². The number of hydrogen-bond acceptors (Lipinski definition) is 1. The molecule has 1 rings (SSSR count). The summed E-state index contributed by atoms with van der Waals surface area (Å²) in [6.07, 6.45) is 2.70. The van der Waals surface area contributed by atoms with Gasteiger partial charge in [-0.3, -0.25) is 5.10 Å². The van der Waals surface area contributed by atoms with Gasteiger partial charge >= 0.3 is 0 Å². The zero-order valence-electron chi connectivity index (χ0n) is 3.83. The van der Waals surface area contributed by atoms with Gasteiger partial charge in [0.05, 0.1) is 6.20 Å². The van der Waals surface area contributed by atoms with Crippen LogP contribution in [0.2, 0.25) is 5.15 Å². The summed E-state index contributed by atoms with van der Waals surface area (Å²) in [5.41, 5.74) is 0.863. The largest absolute Gasteiger partial charge is 0.274 e. The molecule has 0 fully saturated rings. The number of rotatable bonds is 0. The summed E-state index contributed by atoms with van der Waals surface area (Å²) in [6.45, 7) is 1.84. The lowest BCUT2D eigenvalue weighted by molar-refractivity contribution is 1.08. The van der Waals surface area contributed by atoms with Crippen LogP contribution in [0.4, 0.5) is 0 Å². The predicted octanol–water partition coefficient (Wildman–Crippen LogP) is 1.17. The van der Waals surface area contributed by atoms with Gasteiger partial charge in [-0.25, -0.2) is 0 Å². The second kappa shape index (κ2) is 1.54. The molecule has 0 aromatic carbocycles. The van der Waals surface area contributed by atoms with Crippen molar-refractivity contribution in [2.75, 3.05) is 0 Å². The van der Waals surface area contributed by atoms with Crippen molar-refractivity contribution in [3.8, 4) is 0 Å². The third-order valence-electron chi connectivity index (χ3n) is 0.707. The Morgan fingerprint density at radius 1 is 1.86 bits per heavy atom. The number of H-pyrrole nitrogens is 1. The summed E-state index contributed by atoms with van der Waals surface area (Å²) in [5, 5.41) is 6.59. The fourth-order valence-corrected chi connectivity index (χ4v) is 0.386. The van der Waals surface area contributed by atoms with E-state index < -0.39 is 0 Å². The average Bonchev–Trinajstić information content (AvgIpc) is 1.91. The summed E-state index contributed by atoms with van der Waals surface area (Å²) in [4.78, 5) is 0. The highest BCUT2D eigenvalue weighted by molar-refractivity contribution is 6.30.